The van der Waals surface area contributed by atoms with Gasteiger partial charge in [0.05, 0.1) is 31.3 Å². The molecule has 1 aromatic rings. The van der Waals surface area contributed by atoms with Crippen LogP contribution in [0.15, 0.2) is 12.4 Å². The summed E-state index contributed by atoms with van der Waals surface area (Å²) in [4.78, 5) is 11.2. The SMILES string of the molecule is CC(C)(C)c1cnc(N2CCOCC2)cn1. The average molecular weight is 221 g/mol. The van der Waals surface area contributed by atoms with Crippen LogP contribution in [0.5, 0.6) is 0 Å². The van der Waals surface area contributed by atoms with Crippen LogP contribution in [0.3, 0.4) is 0 Å². The van der Waals surface area contributed by atoms with E-state index in [0.29, 0.717) is 0 Å². The Morgan fingerprint density at radius 2 is 1.81 bits per heavy atom. The molecule has 4 nitrogen and oxygen atoms in total. The van der Waals surface area contributed by atoms with Gasteiger partial charge >= 0.3 is 0 Å². The molecule has 0 saturated carbocycles. The second-order valence-electron chi connectivity index (χ2n) is 5.11. The van der Waals surface area contributed by atoms with Gasteiger partial charge in [-0.25, -0.2) is 4.98 Å². The molecule has 0 radical (unpaired) electrons. The van der Waals surface area contributed by atoms with Gasteiger partial charge < -0.3 is 9.64 Å². The molecule has 1 fully saturated rings. The van der Waals surface area contributed by atoms with E-state index in [1.165, 1.54) is 0 Å². The summed E-state index contributed by atoms with van der Waals surface area (Å²) in [5.41, 5.74) is 1.10. The highest BCUT2D eigenvalue weighted by Crippen LogP contribution is 2.20. The molecule has 88 valence electrons. The number of anilines is 1. The molecule has 2 rings (SSSR count). The Labute approximate surface area is 96.7 Å². The van der Waals surface area contributed by atoms with Gasteiger partial charge in [-0.1, -0.05) is 20.8 Å². The van der Waals surface area contributed by atoms with E-state index in [9.17, 15) is 0 Å². The van der Waals surface area contributed by atoms with E-state index in [-0.39, 0.29) is 5.41 Å². The predicted octanol–water partition coefficient (Wildman–Crippen LogP) is 1.61. The number of ether oxygens (including phenoxy) is 1. The molecule has 0 N–H and O–H groups in total. The Morgan fingerprint density at radius 1 is 1.12 bits per heavy atom. The minimum atomic E-state index is 0.0660. The van der Waals surface area contributed by atoms with Gasteiger partial charge in [-0.3, -0.25) is 4.98 Å². The van der Waals surface area contributed by atoms with Crippen molar-refractivity contribution in [3.63, 3.8) is 0 Å². The molecule has 1 saturated heterocycles. The van der Waals surface area contributed by atoms with Crippen molar-refractivity contribution in [3.05, 3.63) is 18.1 Å². The second-order valence-corrected chi connectivity index (χ2v) is 5.11. The molecular weight excluding hydrogens is 202 g/mol. The first-order valence-electron chi connectivity index (χ1n) is 5.72. The summed E-state index contributed by atoms with van der Waals surface area (Å²) in [5, 5.41) is 0. The zero-order valence-corrected chi connectivity index (χ0v) is 10.2. The minimum absolute atomic E-state index is 0.0660. The molecule has 0 spiro atoms. The first kappa shape index (κ1) is 11.3. The van der Waals surface area contributed by atoms with Crippen molar-refractivity contribution < 1.29 is 4.74 Å². The molecule has 0 aliphatic carbocycles. The zero-order chi connectivity index (χ0) is 11.6. The van der Waals surface area contributed by atoms with E-state index in [1.54, 1.807) is 0 Å². The third kappa shape index (κ3) is 2.50. The molecule has 0 aromatic carbocycles. The summed E-state index contributed by atoms with van der Waals surface area (Å²) in [6, 6.07) is 0. The number of hydrogen-bond acceptors (Lipinski definition) is 4. The van der Waals surface area contributed by atoms with Gasteiger partial charge in [-0.05, 0) is 0 Å². The summed E-state index contributed by atoms with van der Waals surface area (Å²) in [6.07, 6.45) is 3.75. The van der Waals surface area contributed by atoms with Crippen molar-refractivity contribution in [2.75, 3.05) is 31.2 Å². The van der Waals surface area contributed by atoms with Crippen LogP contribution in [-0.4, -0.2) is 36.3 Å². The molecule has 4 heteroatoms. The number of hydrogen-bond donors (Lipinski definition) is 0. The third-order valence-corrected chi connectivity index (χ3v) is 2.74. The van der Waals surface area contributed by atoms with Crippen LogP contribution in [0.2, 0.25) is 0 Å². The van der Waals surface area contributed by atoms with E-state index in [0.717, 1.165) is 37.8 Å². The van der Waals surface area contributed by atoms with Crippen LogP contribution in [0.25, 0.3) is 0 Å². The highest BCUT2D eigenvalue weighted by atomic mass is 16.5. The van der Waals surface area contributed by atoms with Gasteiger partial charge in [0.15, 0.2) is 0 Å². The van der Waals surface area contributed by atoms with Crippen molar-refractivity contribution >= 4 is 5.82 Å². The summed E-state index contributed by atoms with van der Waals surface area (Å²) in [6.45, 7) is 9.81. The molecule has 1 aromatic heterocycles. The molecule has 1 aliphatic rings. The molecule has 0 amide bonds. The fraction of sp³-hybridized carbons (Fsp3) is 0.667. The maximum atomic E-state index is 5.31. The van der Waals surface area contributed by atoms with E-state index < -0.39 is 0 Å². The molecule has 0 atom stereocenters. The van der Waals surface area contributed by atoms with E-state index >= 15 is 0 Å². The van der Waals surface area contributed by atoms with Crippen LogP contribution in [-0.2, 0) is 10.2 Å². The minimum Gasteiger partial charge on any atom is -0.378 e. The Bertz CT molecular complexity index is 336. The lowest BCUT2D eigenvalue weighted by Crippen LogP contribution is -2.36. The van der Waals surface area contributed by atoms with Crippen LogP contribution in [0, 0.1) is 0 Å². The maximum absolute atomic E-state index is 5.31. The maximum Gasteiger partial charge on any atom is 0.147 e. The first-order valence-corrected chi connectivity index (χ1v) is 5.72. The van der Waals surface area contributed by atoms with Crippen molar-refractivity contribution in [1.29, 1.82) is 0 Å². The molecule has 1 aliphatic heterocycles. The number of rotatable bonds is 1. The van der Waals surface area contributed by atoms with Crippen molar-refractivity contribution in [2.24, 2.45) is 0 Å². The second kappa shape index (κ2) is 4.37. The largest absolute Gasteiger partial charge is 0.378 e. The first-order chi connectivity index (χ1) is 7.57. The monoisotopic (exact) mass is 221 g/mol. The zero-order valence-electron chi connectivity index (χ0n) is 10.2. The molecule has 0 bridgehead atoms. The summed E-state index contributed by atoms with van der Waals surface area (Å²) >= 11 is 0. The van der Waals surface area contributed by atoms with Crippen LogP contribution < -0.4 is 4.90 Å². The topological polar surface area (TPSA) is 38.2 Å². The average Bonchev–Trinajstić information content (AvgIpc) is 2.29. The van der Waals surface area contributed by atoms with Crippen molar-refractivity contribution in [1.82, 2.24) is 9.97 Å². The summed E-state index contributed by atoms with van der Waals surface area (Å²) < 4.78 is 5.31. The van der Waals surface area contributed by atoms with Gasteiger partial charge in [0.25, 0.3) is 0 Å². The van der Waals surface area contributed by atoms with E-state index in [2.05, 4.69) is 35.6 Å². The highest BCUT2D eigenvalue weighted by molar-refractivity contribution is 5.36. The Balaban J connectivity index is 2.12. The number of nitrogens with zero attached hydrogens (tertiary/aromatic N) is 3. The Kier molecular flexibility index (Phi) is 3.10. The summed E-state index contributed by atoms with van der Waals surface area (Å²) in [5.74, 6) is 0.955. The third-order valence-electron chi connectivity index (χ3n) is 2.74. The van der Waals surface area contributed by atoms with Crippen molar-refractivity contribution in [3.8, 4) is 0 Å². The van der Waals surface area contributed by atoms with Crippen molar-refractivity contribution in [2.45, 2.75) is 26.2 Å². The van der Waals surface area contributed by atoms with Crippen LogP contribution >= 0.6 is 0 Å². The quantitative estimate of drug-likeness (QED) is 0.722. The van der Waals surface area contributed by atoms with E-state index in [1.807, 2.05) is 12.4 Å². The molecule has 2 heterocycles. The molecular formula is C12H19N3O. The lowest BCUT2D eigenvalue weighted by molar-refractivity contribution is 0.122. The summed E-state index contributed by atoms with van der Waals surface area (Å²) in [7, 11) is 0. The van der Waals surface area contributed by atoms with Gasteiger partial charge in [0.2, 0.25) is 0 Å². The predicted molar refractivity (Wildman–Crippen MR) is 63.8 cm³/mol. The van der Waals surface area contributed by atoms with Gasteiger partial charge in [-0.2, -0.15) is 0 Å². The normalized spacial score (nSPS) is 17.6. The Hall–Kier alpha value is -1.16. The fourth-order valence-corrected chi connectivity index (χ4v) is 1.66. The van der Waals surface area contributed by atoms with E-state index in [4.69, 9.17) is 4.74 Å². The smallest absolute Gasteiger partial charge is 0.147 e. The number of morpholine rings is 1. The number of aromatic nitrogens is 2. The van der Waals surface area contributed by atoms with Gasteiger partial charge in [0.1, 0.15) is 5.82 Å². The van der Waals surface area contributed by atoms with Crippen LogP contribution in [0.4, 0.5) is 5.82 Å². The molecule has 16 heavy (non-hydrogen) atoms. The van der Waals surface area contributed by atoms with Gasteiger partial charge in [-0.15, -0.1) is 0 Å². The lowest BCUT2D eigenvalue weighted by Gasteiger charge is -2.28. The van der Waals surface area contributed by atoms with Crippen LogP contribution in [0.1, 0.15) is 26.5 Å². The fourth-order valence-electron chi connectivity index (χ4n) is 1.66. The van der Waals surface area contributed by atoms with Gasteiger partial charge in [0, 0.05) is 18.5 Å². The standard InChI is InChI=1S/C12H19N3O/c1-12(2,3)10-8-14-11(9-13-10)15-4-6-16-7-5-15/h8-9H,4-7H2,1-3H3. The highest BCUT2D eigenvalue weighted by Gasteiger charge is 2.17. The Morgan fingerprint density at radius 3 is 2.31 bits per heavy atom. The lowest BCUT2D eigenvalue weighted by atomic mass is 9.93. The molecule has 0 unspecified atom stereocenters.